The lowest BCUT2D eigenvalue weighted by molar-refractivity contribution is -0.131. The van der Waals surface area contributed by atoms with Gasteiger partial charge in [0.05, 0.1) is 24.2 Å². The van der Waals surface area contributed by atoms with Crippen molar-refractivity contribution in [3.8, 4) is 11.6 Å². The molecule has 0 radical (unpaired) electrons. The summed E-state index contributed by atoms with van der Waals surface area (Å²) in [5.74, 6) is -0.790. The van der Waals surface area contributed by atoms with Crippen LogP contribution in [0.5, 0.6) is 11.6 Å². The fourth-order valence-electron chi connectivity index (χ4n) is 4.24. The van der Waals surface area contributed by atoms with Crippen LogP contribution in [-0.4, -0.2) is 40.4 Å². The molecule has 2 aliphatic heterocycles. The molecule has 0 atom stereocenters. The highest BCUT2D eigenvalue weighted by Crippen LogP contribution is 2.33. The van der Waals surface area contributed by atoms with E-state index in [1.54, 1.807) is 16.2 Å². The van der Waals surface area contributed by atoms with Crippen LogP contribution in [0.15, 0.2) is 35.7 Å². The van der Waals surface area contributed by atoms with Gasteiger partial charge in [-0.1, -0.05) is 6.07 Å². The van der Waals surface area contributed by atoms with E-state index in [9.17, 15) is 13.6 Å². The highest BCUT2D eigenvalue weighted by atomic mass is 32.1. The van der Waals surface area contributed by atoms with Gasteiger partial charge in [-0.05, 0) is 42.8 Å². The maximum atomic E-state index is 14.4. The normalized spacial score (nSPS) is 15.9. The van der Waals surface area contributed by atoms with Crippen LogP contribution in [0, 0.1) is 11.6 Å². The molecule has 4 heterocycles. The lowest BCUT2D eigenvalue weighted by Gasteiger charge is -2.32. The molecular formula is C24H24F2N4O2S. The second kappa shape index (κ2) is 9.43. The van der Waals surface area contributed by atoms with Crippen LogP contribution in [0.3, 0.4) is 0 Å². The number of benzene rings is 1. The average Bonchev–Trinajstić information content (AvgIpc) is 3.34. The Hall–Kier alpha value is -3.07. The molecule has 2 aromatic heterocycles. The van der Waals surface area contributed by atoms with Gasteiger partial charge in [0.2, 0.25) is 17.7 Å². The number of anilines is 1. The Kier molecular flexibility index (Phi) is 6.22. The van der Waals surface area contributed by atoms with Gasteiger partial charge in [0.15, 0.2) is 11.6 Å². The summed E-state index contributed by atoms with van der Waals surface area (Å²) >= 11 is 1.55. The number of amides is 1. The molecule has 33 heavy (non-hydrogen) atoms. The predicted octanol–water partition coefficient (Wildman–Crippen LogP) is 4.73. The monoisotopic (exact) mass is 470 g/mol. The Morgan fingerprint density at radius 2 is 1.94 bits per heavy atom. The van der Waals surface area contributed by atoms with Crippen molar-refractivity contribution in [1.29, 1.82) is 0 Å². The highest BCUT2D eigenvalue weighted by molar-refractivity contribution is 7.10. The van der Waals surface area contributed by atoms with Crippen molar-refractivity contribution in [2.24, 2.45) is 0 Å². The molecule has 3 aromatic rings. The van der Waals surface area contributed by atoms with Crippen molar-refractivity contribution in [3.63, 3.8) is 0 Å². The molecule has 1 amide bonds. The summed E-state index contributed by atoms with van der Waals surface area (Å²) in [7, 11) is 0. The van der Waals surface area contributed by atoms with E-state index >= 15 is 0 Å². The van der Waals surface area contributed by atoms with E-state index in [1.807, 2.05) is 17.5 Å². The first-order valence-corrected chi connectivity index (χ1v) is 12.0. The Morgan fingerprint density at radius 3 is 2.70 bits per heavy atom. The summed E-state index contributed by atoms with van der Waals surface area (Å²) in [4.78, 5) is 27.2. The van der Waals surface area contributed by atoms with Crippen molar-refractivity contribution in [1.82, 2.24) is 14.9 Å². The number of fused-ring (bicyclic) bond motifs is 1. The molecular weight excluding hydrogens is 446 g/mol. The average molecular weight is 471 g/mol. The van der Waals surface area contributed by atoms with Crippen molar-refractivity contribution in [2.45, 2.75) is 38.6 Å². The topological polar surface area (TPSA) is 58.6 Å². The van der Waals surface area contributed by atoms with E-state index in [1.165, 1.54) is 12.5 Å². The smallest absolute Gasteiger partial charge is 0.229 e. The van der Waals surface area contributed by atoms with E-state index in [4.69, 9.17) is 9.72 Å². The fourth-order valence-corrected chi connectivity index (χ4v) is 4.94. The molecule has 0 N–H and O–H groups in total. The molecule has 5 rings (SSSR count). The number of hydrogen-bond donors (Lipinski definition) is 0. The summed E-state index contributed by atoms with van der Waals surface area (Å²) in [5, 5.41) is 1.95. The standard InChI is InChI=1S/C24H24F2N4O2S/c25-16-6-7-21(19(26)13-16)32-23-18-15-30(22(31)14-17-5-4-12-33-17)11-8-20(18)27-24(28-23)29-9-2-1-3-10-29/h4-7,12-13H,1-3,8-11,14-15H2. The minimum Gasteiger partial charge on any atom is -0.435 e. The molecule has 1 aromatic carbocycles. The van der Waals surface area contributed by atoms with Gasteiger partial charge in [-0.15, -0.1) is 11.3 Å². The molecule has 172 valence electrons. The van der Waals surface area contributed by atoms with Gasteiger partial charge in [0.25, 0.3) is 0 Å². The van der Waals surface area contributed by atoms with Crippen LogP contribution in [0.4, 0.5) is 14.7 Å². The number of carbonyl (C=O) groups excluding carboxylic acids is 1. The molecule has 1 fully saturated rings. The summed E-state index contributed by atoms with van der Waals surface area (Å²) in [6.07, 6.45) is 4.20. The third-order valence-corrected chi connectivity index (χ3v) is 6.88. The zero-order valence-corrected chi connectivity index (χ0v) is 18.9. The lowest BCUT2D eigenvalue weighted by atomic mass is 10.1. The van der Waals surface area contributed by atoms with Crippen LogP contribution in [0.1, 0.15) is 35.4 Å². The Balaban J connectivity index is 1.46. The first-order valence-electron chi connectivity index (χ1n) is 11.1. The number of ether oxygens (including phenoxy) is 1. The maximum absolute atomic E-state index is 14.4. The van der Waals surface area contributed by atoms with Crippen LogP contribution in [0.25, 0.3) is 0 Å². The Labute approximate surface area is 194 Å². The number of carbonyl (C=O) groups is 1. The van der Waals surface area contributed by atoms with Crippen LogP contribution < -0.4 is 9.64 Å². The Morgan fingerprint density at radius 1 is 1.09 bits per heavy atom. The van der Waals surface area contributed by atoms with Crippen molar-refractivity contribution in [3.05, 3.63) is 63.5 Å². The molecule has 0 unspecified atom stereocenters. The number of thiophene rings is 1. The molecule has 0 aliphatic carbocycles. The highest BCUT2D eigenvalue weighted by Gasteiger charge is 2.28. The molecule has 0 spiro atoms. The van der Waals surface area contributed by atoms with Crippen molar-refractivity contribution in [2.75, 3.05) is 24.5 Å². The summed E-state index contributed by atoms with van der Waals surface area (Å²) in [6, 6.07) is 7.06. The first-order chi connectivity index (χ1) is 16.1. The molecule has 6 nitrogen and oxygen atoms in total. The number of nitrogens with zero attached hydrogens (tertiary/aromatic N) is 4. The van der Waals surface area contributed by atoms with E-state index in [-0.39, 0.29) is 24.1 Å². The van der Waals surface area contributed by atoms with Gasteiger partial charge in [-0.3, -0.25) is 4.79 Å². The molecule has 0 saturated carbocycles. The summed E-state index contributed by atoms with van der Waals surface area (Å²) in [5.41, 5.74) is 1.48. The van der Waals surface area contributed by atoms with Gasteiger partial charge in [-0.25, -0.2) is 13.8 Å². The maximum Gasteiger partial charge on any atom is 0.229 e. The van der Waals surface area contributed by atoms with Gasteiger partial charge < -0.3 is 14.5 Å². The number of halogens is 2. The third kappa shape index (κ3) is 4.83. The molecule has 1 saturated heterocycles. The van der Waals surface area contributed by atoms with Crippen LogP contribution in [-0.2, 0) is 24.2 Å². The summed E-state index contributed by atoms with van der Waals surface area (Å²) < 4.78 is 33.6. The number of aromatic nitrogens is 2. The van der Waals surface area contributed by atoms with Crippen LogP contribution in [0.2, 0.25) is 0 Å². The lowest BCUT2D eigenvalue weighted by Crippen LogP contribution is -2.38. The number of rotatable bonds is 5. The summed E-state index contributed by atoms with van der Waals surface area (Å²) in [6.45, 7) is 2.55. The van der Waals surface area contributed by atoms with Gasteiger partial charge in [0, 0.05) is 37.0 Å². The number of piperidine rings is 1. The minimum atomic E-state index is -0.802. The van der Waals surface area contributed by atoms with Crippen LogP contribution >= 0.6 is 11.3 Å². The minimum absolute atomic E-state index is 0.0159. The third-order valence-electron chi connectivity index (χ3n) is 6.01. The zero-order chi connectivity index (χ0) is 22.8. The van der Waals surface area contributed by atoms with Crippen molar-refractivity contribution >= 4 is 23.2 Å². The van der Waals surface area contributed by atoms with E-state index in [0.29, 0.717) is 30.9 Å². The van der Waals surface area contributed by atoms with E-state index in [0.717, 1.165) is 48.6 Å². The quantitative estimate of drug-likeness (QED) is 0.540. The molecule has 9 heteroatoms. The van der Waals surface area contributed by atoms with Gasteiger partial charge in [-0.2, -0.15) is 4.98 Å². The number of hydrogen-bond acceptors (Lipinski definition) is 6. The van der Waals surface area contributed by atoms with Gasteiger partial charge >= 0.3 is 0 Å². The van der Waals surface area contributed by atoms with Gasteiger partial charge in [0.1, 0.15) is 5.82 Å². The van der Waals surface area contributed by atoms with Crippen molar-refractivity contribution < 1.29 is 18.3 Å². The SMILES string of the molecule is O=C(Cc1cccs1)N1CCc2nc(N3CCCCC3)nc(Oc3ccc(F)cc3F)c2C1. The largest absolute Gasteiger partial charge is 0.435 e. The van der Waals surface area contributed by atoms with E-state index in [2.05, 4.69) is 9.88 Å². The molecule has 0 bridgehead atoms. The molecule has 2 aliphatic rings. The first kappa shape index (κ1) is 21.8. The fraction of sp³-hybridized carbons (Fsp3) is 0.375. The van der Waals surface area contributed by atoms with E-state index < -0.39 is 11.6 Å². The second-order valence-electron chi connectivity index (χ2n) is 8.30. The second-order valence-corrected chi connectivity index (χ2v) is 9.33. The Bertz CT molecular complexity index is 1150. The predicted molar refractivity (Wildman–Crippen MR) is 122 cm³/mol. The zero-order valence-electron chi connectivity index (χ0n) is 18.1.